The fourth-order valence-corrected chi connectivity index (χ4v) is 1.84. The molecule has 0 aromatic heterocycles. The van der Waals surface area contributed by atoms with Crippen molar-refractivity contribution in [1.29, 1.82) is 0 Å². The quantitative estimate of drug-likeness (QED) is 0.755. The van der Waals surface area contributed by atoms with Gasteiger partial charge in [-0.05, 0) is 31.2 Å². The molecule has 0 aliphatic carbocycles. The van der Waals surface area contributed by atoms with Gasteiger partial charge in [-0.3, -0.25) is 0 Å². The van der Waals surface area contributed by atoms with Crippen LogP contribution >= 0.6 is 0 Å². The summed E-state index contributed by atoms with van der Waals surface area (Å²) in [6, 6.07) is 9.87. The van der Waals surface area contributed by atoms with Crippen molar-refractivity contribution in [3.05, 3.63) is 59.7 Å². The molecular weight excluding hydrogens is 220 g/mol. The lowest BCUT2D eigenvalue weighted by Crippen LogP contribution is -2.15. The van der Waals surface area contributed by atoms with E-state index < -0.39 is 6.10 Å². The van der Waals surface area contributed by atoms with Crippen LogP contribution in [0.4, 0.5) is 0 Å². The van der Waals surface area contributed by atoms with Gasteiger partial charge < -0.3 is 5.11 Å². The van der Waals surface area contributed by atoms with Crippen LogP contribution in [0.15, 0.2) is 54.1 Å². The number of allylic oxidation sites excluding steroid dienone is 4. The van der Waals surface area contributed by atoms with Crippen molar-refractivity contribution in [1.82, 2.24) is 0 Å². The minimum Gasteiger partial charge on any atom is -0.388 e. The van der Waals surface area contributed by atoms with Gasteiger partial charge in [0.25, 0.3) is 0 Å². The van der Waals surface area contributed by atoms with Crippen molar-refractivity contribution >= 4 is 0 Å². The molecule has 0 heterocycles. The van der Waals surface area contributed by atoms with Gasteiger partial charge in [0.15, 0.2) is 0 Å². The van der Waals surface area contributed by atoms with E-state index in [0.717, 1.165) is 5.56 Å². The molecule has 98 valence electrons. The standard InChI is InChI=1S/C17H24O/c1-13(2)9-8-10-14(3)15(4)17(18)16-11-6-5-7-12-16/h5-12,14-15,17-18H,1-4H3/b10-8+/t14-,15?,17+/m0/s1. The van der Waals surface area contributed by atoms with Crippen molar-refractivity contribution < 1.29 is 5.11 Å². The van der Waals surface area contributed by atoms with Crippen LogP contribution < -0.4 is 0 Å². The molecule has 0 saturated heterocycles. The predicted molar refractivity (Wildman–Crippen MR) is 78.3 cm³/mol. The van der Waals surface area contributed by atoms with Crippen LogP contribution in [0.3, 0.4) is 0 Å². The van der Waals surface area contributed by atoms with Gasteiger partial charge in [0.2, 0.25) is 0 Å². The number of aliphatic hydroxyl groups is 1. The normalized spacial score (nSPS) is 16.3. The van der Waals surface area contributed by atoms with Gasteiger partial charge in [0, 0.05) is 0 Å². The van der Waals surface area contributed by atoms with Crippen molar-refractivity contribution in [3.63, 3.8) is 0 Å². The van der Waals surface area contributed by atoms with Crippen LogP contribution in [0.2, 0.25) is 0 Å². The SMILES string of the molecule is CC(C)=C/C=C/[C@H](C)C(C)[C@@H](O)c1ccccc1. The summed E-state index contributed by atoms with van der Waals surface area (Å²) in [4.78, 5) is 0. The predicted octanol–water partition coefficient (Wildman–Crippen LogP) is 4.51. The summed E-state index contributed by atoms with van der Waals surface area (Å²) >= 11 is 0. The second-order valence-corrected chi connectivity index (χ2v) is 5.20. The van der Waals surface area contributed by atoms with E-state index in [4.69, 9.17) is 0 Å². The summed E-state index contributed by atoms with van der Waals surface area (Å²) in [7, 11) is 0. The highest BCUT2D eigenvalue weighted by atomic mass is 16.3. The number of hydrogen-bond acceptors (Lipinski definition) is 1. The molecule has 0 aliphatic rings. The summed E-state index contributed by atoms with van der Waals surface area (Å²) in [5, 5.41) is 10.3. The monoisotopic (exact) mass is 244 g/mol. The van der Waals surface area contributed by atoms with Gasteiger partial charge in [0.1, 0.15) is 0 Å². The molecule has 3 atom stereocenters. The average molecular weight is 244 g/mol. The van der Waals surface area contributed by atoms with Gasteiger partial charge in [-0.15, -0.1) is 0 Å². The maximum atomic E-state index is 10.3. The third-order valence-corrected chi connectivity index (χ3v) is 3.31. The minimum atomic E-state index is -0.405. The highest BCUT2D eigenvalue weighted by Crippen LogP contribution is 2.28. The van der Waals surface area contributed by atoms with E-state index in [9.17, 15) is 5.11 Å². The Morgan fingerprint density at radius 2 is 1.72 bits per heavy atom. The zero-order chi connectivity index (χ0) is 13.5. The fourth-order valence-electron chi connectivity index (χ4n) is 1.84. The third-order valence-electron chi connectivity index (χ3n) is 3.31. The average Bonchev–Trinajstić information content (AvgIpc) is 2.37. The third kappa shape index (κ3) is 4.50. The van der Waals surface area contributed by atoms with E-state index in [1.54, 1.807) is 0 Å². The van der Waals surface area contributed by atoms with Gasteiger partial charge in [-0.2, -0.15) is 0 Å². The van der Waals surface area contributed by atoms with Gasteiger partial charge >= 0.3 is 0 Å². The van der Waals surface area contributed by atoms with Crippen molar-refractivity contribution in [2.24, 2.45) is 11.8 Å². The number of aliphatic hydroxyl groups excluding tert-OH is 1. The smallest absolute Gasteiger partial charge is 0.0821 e. The van der Waals surface area contributed by atoms with Crippen LogP contribution in [0, 0.1) is 11.8 Å². The Balaban J connectivity index is 2.66. The fraction of sp³-hybridized carbons (Fsp3) is 0.412. The van der Waals surface area contributed by atoms with Crippen LogP contribution in [0.5, 0.6) is 0 Å². The van der Waals surface area contributed by atoms with Crippen molar-refractivity contribution in [2.45, 2.75) is 33.8 Å². The molecule has 1 aromatic rings. The summed E-state index contributed by atoms with van der Waals surface area (Å²) < 4.78 is 0. The zero-order valence-corrected chi connectivity index (χ0v) is 11.8. The maximum absolute atomic E-state index is 10.3. The highest BCUT2D eigenvalue weighted by molar-refractivity contribution is 5.18. The number of rotatable bonds is 5. The number of benzene rings is 1. The molecule has 0 radical (unpaired) electrons. The Bertz CT molecular complexity index is 399. The lowest BCUT2D eigenvalue weighted by atomic mass is 9.87. The van der Waals surface area contributed by atoms with E-state index in [2.05, 4.69) is 45.9 Å². The molecule has 0 fully saturated rings. The molecule has 1 rings (SSSR count). The lowest BCUT2D eigenvalue weighted by Gasteiger charge is -2.23. The maximum Gasteiger partial charge on any atom is 0.0821 e. The van der Waals surface area contributed by atoms with Gasteiger partial charge in [-0.1, -0.05) is 68.0 Å². The molecular formula is C17H24O. The molecule has 0 aliphatic heterocycles. The largest absolute Gasteiger partial charge is 0.388 e. The topological polar surface area (TPSA) is 20.2 Å². The lowest BCUT2D eigenvalue weighted by molar-refractivity contribution is 0.0987. The van der Waals surface area contributed by atoms with Crippen molar-refractivity contribution in [2.75, 3.05) is 0 Å². The van der Waals surface area contributed by atoms with Gasteiger partial charge in [0.05, 0.1) is 6.10 Å². The molecule has 0 spiro atoms. The van der Waals surface area contributed by atoms with E-state index in [-0.39, 0.29) is 5.92 Å². The van der Waals surface area contributed by atoms with Gasteiger partial charge in [-0.25, -0.2) is 0 Å². The second-order valence-electron chi connectivity index (χ2n) is 5.20. The molecule has 1 nitrogen and oxygen atoms in total. The Morgan fingerprint density at radius 1 is 1.11 bits per heavy atom. The molecule has 18 heavy (non-hydrogen) atoms. The molecule has 0 saturated carbocycles. The summed E-state index contributed by atoms with van der Waals surface area (Å²) in [5.74, 6) is 0.546. The van der Waals surface area contributed by atoms with Crippen LogP contribution in [-0.2, 0) is 0 Å². The molecule has 1 N–H and O–H groups in total. The Morgan fingerprint density at radius 3 is 2.28 bits per heavy atom. The van der Waals surface area contributed by atoms with Crippen LogP contribution in [0.25, 0.3) is 0 Å². The molecule has 0 bridgehead atoms. The molecule has 1 aromatic carbocycles. The van der Waals surface area contributed by atoms with E-state index in [1.807, 2.05) is 30.3 Å². The summed E-state index contributed by atoms with van der Waals surface area (Å²) in [6.45, 7) is 8.40. The summed E-state index contributed by atoms with van der Waals surface area (Å²) in [5.41, 5.74) is 2.28. The zero-order valence-electron chi connectivity index (χ0n) is 11.8. The first-order valence-electron chi connectivity index (χ1n) is 6.57. The number of hydrogen-bond donors (Lipinski definition) is 1. The van der Waals surface area contributed by atoms with E-state index in [0.29, 0.717) is 5.92 Å². The van der Waals surface area contributed by atoms with E-state index in [1.165, 1.54) is 5.57 Å². The summed E-state index contributed by atoms with van der Waals surface area (Å²) in [6.07, 6.45) is 5.92. The molecule has 1 unspecified atom stereocenters. The molecule has 1 heteroatoms. The van der Waals surface area contributed by atoms with Crippen LogP contribution in [-0.4, -0.2) is 5.11 Å². The Kier molecular flexibility index (Phi) is 5.87. The Hall–Kier alpha value is -1.34. The second kappa shape index (κ2) is 7.17. The van der Waals surface area contributed by atoms with Crippen LogP contribution in [0.1, 0.15) is 39.4 Å². The first-order valence-corrected chi connectivity index (χ1v) is 6.57. The first-order chi connectivity index (χ1) is 8.52. The van der Waals surface area contributed by atoms with Crippen molar-refractivity contribution in [3.8, 4) is 0 Å². The first kappa shape index (κ1) is 14.7. The van der Waals surface area contributed by atoms with E-state index >= 15 is 0 Å². The molecule has 0 amide bonds. The Labute approximate surface area is 111 Å². The minimum absolute atomic E-state index is 0.203. The highest BCUT2D eigenvalue weighted by Gasteiger charge is 2.20.